The fourth-order valence-corrected chi connectivity index (χ4v) is 2.25. The number of phenolic OH excluding ortho intramolecular Hbond substituents is 1. The van der Waals surface area contributed by atoms with Gasteiger partial charge in [0.25, 0.3) is 0 Å². The minimum absolute atomic E-state index is 0.193. The van der Waals surface area contributed by atoms with Gasteiger partial charge in [-0.05, 0) is 35.7 Å². The van der Waals surface area contributed by atoms with Crippen LogP contribution in [0.15, 0.2) is 48.5 Å². The number of carbonyl (C=O) groups excluding carboxylic acids is 1. The third-order valence-electron chi connectivity index (χ3n) is 3.17. The molecule has 2 aromatic rings. The Morgan fingerprint density at radius 1 is 1.11 bits per heavy atom. The predicted molar refractivity (Wildman–Crippen MR) is 66.6 cm³/mol. The highest BCUT2D eigenvalue weighted by Crippen LogP contribution is 2.34. The fourth-order valence-electron chi connectivity index (χ4n) is 2.25. The molecule has 1 aliphatic heterocycles. The van der Waals surface area contributed by atoms with Crippen molar-refractivity contribution in [2.75, 3.05) is 0 Å². The first-order chi connectivity index (χ1) is 8.74. The van der Waals surface area contributed by atoms with Crippen LogP contribution in [-0.2, 0) is 11.2 Å². The SMILES string of the molecule is O=C1Oc2ccc(O)cc2CC1c1ccccc1. The molecule has 0 radical (unpaired) electrons. The molecular weight excluding hydrogens is 228 g/mol. The Labute approximate surface area is 105 Å². The predicted octanol–water partition coefficient (Wildman–Crippen LogP) is 2.64. The van der Waals surface area contributed by atoms with E-state index in [-0.39, 0.29) is 17.6 Å². The molecule has 18 heavy (non-hydrogen) atoms. The number of esters is 1. The van der Waals surface area contributed by atoms with Crippen molar-refractivity contribution in [3.8, 4) is 11.5 Å². The normalized spacial score (nSPS) is 18.0. The Kier molecular flexibility index (Phi) is 2.52. The summed E-state index contributed by atoms with van der Waals surface area (Å²) in [5.41, 5.74) is 1.81. The van der Waals surface area contributed by atoms with Crippen LogP contribution in [0.3, 0.4) is 0 Å². The van der Waals surface area contributed by atoms with Gasteiger partial charge in [-0.2, -0.15) is 0 Å². The molecule has 0 aliphatic carbocycles. The number of carbonyl (C=O) groups is 1. The summed E-state index contributed by atoms with van der Waals surface area (Å²) in [7, 11) is 0. The zero-order chi connectivity index (χ0) is 12.5. The van der Waals surface area contributed by atoms with Gasteiger partial charge in [-0.25, -0.2) is 0 Å². The first-order valence-corrected chi connectivity index (χ1v) is 5.82. The lowest BCUT2D eigenvalue weighted by Crippen LogP contribution is -2.25. The van der Waals surface area contributed by atoms with Crippen LogP contribution in [0.1, 0.15) is 17.0 Å². The quantitative estimate of drug-likeness (QED) is 0.615. The van der Waals surface area contributed by atoms with E-state index in [1.807, 2.05) is 30.3 Å². The van der Waals surface area contributed by atoms with Gasteiger partial charge in [0.1, 0.15) is 11.5 Å². The van der Waals surface area contributed by atoms with Crippen LogP contribution in [0.25, 0.3) is 0 Å². The van der Waals surface area contributed by atoms with Crippen LogP contribution >= 0.6 is 0 Å². The second-order valence-corrected chi connectivity index (χ2v) is 4.38. The minimum atomic E-state index is -0.291. The van der Waals surface area contributed by atoms with E-state index in [1.54, 1.807) is 12.1 Å². The van der Waals surface area contributed by atoms with Gasteiger partial charge in [-0.15, -0.1) is 0 Å². The van der Waals surface area contributed by atoms with Gasteiger partial charge in [0, 0.05) is 0 Å². The molecule has 3 heteroatoms. The molecule has 1 atom stereocenters. The zero-order valence-electron chi connectivity index (χ0n) is 9.67. The summed E-state index contributed by atoms with van der Waals surface area (Å²) >= 11 is 0. The van der Waals surface area contributed by atoms with E-state index >= 15 is 0 Å². The number of ether oxygens (including phenoxy) is 1. The van der Waals surface area contributed by atoms with Crippen molar-refractivity contribution in [3.05, 3.63) is 59.7 Å². The Hall–Kier alpha value is -2.29. The number of rotatable bonds is 1. The second-order valence-electron chi connectivity index (χ2n) is 4.38. The molecule has 0 fully saturated rings. The number of fused-ring (bicyclic) bond motifs is 1. The van der Waals surface area contributed by atoms with E-state index in [4.69, 9.17) is 4.74 Å². The maximum atomic E-state index is 12.0. The summed E-state index contributed by atoms with van der Waals surface area (Å²) in [6.07, 6.45) is 0.562. The van der Waals surface area contributed by atoms with Gasteiger partial charge in [0.05, 0.1) is 5.92 Å². The third kappa shape index (κ3) is 1.84. The minimum Gasteiger partial charge on any atom is -0.508 e. The summed E-state index contributed by atoms with van der Waals surface area (Å²) in [5, 5.41) is 9.47. The Morgan fingerprint density at radius 3 is 2.67 bits per heavy atom. The highest BCUT2D eigenvalue weighted by atomic mass is 16.5. The van der Waals surface area contributed by atoms with E-state index in [2.05, 4.69) is 0 Å². The number of aromatic hydroxyl groups is 1. The Morgan fingerprint density at radius 2 is 1.89 bits per heavy atom. The molecule has 1 unspecified atom stereocenters. The molecule has 0 saturated carbocycles. The molecule has 1 heterocycles. The van der Waals surface area contributed by atoms with E-state index < -0.39 is 0 Å². The van der Waals surface area contributed by atoms with Crippen LogP contribution in [-0.4, -0.2) is 11.1 Å². The maximum absolute atomic E-state index is 12.0. The summed E-state index contributed by atoms with van der Waals surface area (Å²) in [5.74, 6) is 0.211. The number of benzene rings is 2. The van der Waals surface area contributed by atoms with Gasteiger partial charge in [-0.1, -0.05) is 30.3 Å². The first-order valence-electron chi connectivity index (χ1n) is 5.82. The molecule has 1 N–H and O–H groups in total. The van der Waals surface area contributed by atoms with Crippen LogP contribution in [0.4, 0.5) is 0 Å². The van der Waals surface area contributed by atoms with Gasteiger partial charge in [0.2, 0.25) is 0 Å². The average Bonchev–Trinajstić information content (AvgIpc) is 2.39. The van der Waals surface area contributed by atoms with Gasteiger partial charge in [0.15, 0.2) is 0 Å². The van der Waals surface area contributed by atoms with Crippen molar-refractivity contribution >= 4 is 5.97 Å². The molecule has 1 aliphatic rings. The van der Waals surface area contributed by atoms with E-state index in [9.17, 15) is 9.90 Å². The Bertz CT molecular complexity index is 590. The van der Waals surface area contributed by atoms with E-state index in [0.717, 1.165) is 11.1 Å². The highest BCUT2D eigenvalue weighted by molar-refractivity contribution is 5.83. The number of hydrogen-bond acceptors (Lipinski definition) is 3. The second kappa shape index (κ2) is 4.18. The van der Waals surface area contributed by atoms with Crippen molar-refractivity contribution in [1.82, 2.24) is 0 Å². The zero-order valence-corrected chi connectivity index (χ0v) is 9.67. The maximum Gasteiger partial charge on any atom is 0.319 e. The van der Waals surface area contributed by atoms with Crippen LogP contribution in [0.2, 0.25) is 0 Å². The summed E-state index contributed by atoms with van der Waals surface area (Å²) < 4.78 is 5.30. The van der Waals surface area contributed by atoms with E-state index in [0.29, 0.717) is 12.2 Å². The molecule has 3 nitrogen and oxygen atoms in total. The molecule has 3 rings (SSSR count). The molecule has 2 aromatic carbocycles. The summed E-state index contributed by atoms with van der Waals surface area (Å²) in [6, 6.07) is 14.4. The molecule has 0 spiro atoms. The first kappa shape index (κ1) is 10.8. The van der Waals surface area contributed by atoms with Gasteiger partial charge < -0.3 is 9.84 Å². The fraction of sp³-hybridized carbons (Fsp3) is 0.133. The molecule has 0 amide bonds. The van der Waals surface area contributed by atoms with Crippen molar-refractivity contribution < 1.29 is 14.6 Å². The lowest BCUT2D eigenvalue weighted by Gasteiger charge is -2.23. The molecule has 90 valence electrons. The van der Waals surface area contributed by atoms with Crippen molar-refractivity contribution in [1.29, 1.82) is 0 Å². The number of hydrogen-bond donors (Lipinski definition) is 1. The smallest absolute Gasteiger partial charge is 0.319 e. The summed E-state index contributed by atoms with van der Waals surface area (Å²) in [6.45, 7) is 0. The van der Waals surface area contributed by atoms with Gasteiger partial charge in [-0.3, -0.25) is 4.79 Å². The monoisotopic (exact) mass is 240 g/mol. The standard InChI is InChI=1S/C15H12O3/c16-12-6-7-14-11(8-12)9-13(15(17)18-14)10-4-2-1-3-5-10/h1-8,13,16H,9H2. The van der Waals surface area contributed by atoms with Crippen molar-refractivity contribution in [3.63, 3.8) is 0 Å². The third-order valence-corrected chi connectivity index (χ3v) is 3.17. The molecular formula is C15H12O3. The average molecular weight is 240 g/mol. The van der Waals surface area contributed by atoms with E-state index in [1.165, 1.54) is 6.07 Å². The van der Waals surface area contributed by atoms with Gasteiger partial charge >= 0.3 is 5.97 Å². The largest absolute Gasteiger partial charge is 0.508 e. The topological polar surface area (TPSA) is 46.5 Å². The van der Waals surface area contributed by atoms with Crippen LogP contribution < -0.4 is 4.74 Å². The van der Waals surface area contributed by atoms with Crippen LogP contribution in [0, 0.1) is 0 Å². The highest BCUT2D eigenvalue weighted by Gasteiger charge is 2.29. The van der Waals surface area contributed by atoms with Crippen LogP contribution in [0.5, 0.6) is 11.5 Å². The molecule has 0 saturated heterocycles. The molecule has 0 aromatic heterocycles. The summed E-state index contributed by atoms with van der Waals surface area (Å²) in [4.78, 5) is 12.0. The number of phenols is 1. The van der Waals surface area contributed by atoms with Crippen molar-refractivity contribution in [2.24, 2.45) is 0 Å². The Balaban J connectivity index is 1.99. The molecule has 0 bridgehead atoms. The lowest BCUT2D eigenvalue weighted by molar-refractivity contribution is -0.137. The van der Waals surface area contributed by atoms with Crippen molar-refractivity contribution in [2.45, 2.75) is 12.3 Å². The lowest BCUT2D eigenvalue weighted by atomic mass is 9.90.